The molecule has 25 heavy (non-hydrogen) atoms. The number of piperidine rings is 1. The van der Waals surface area contributed by atoms with Crippen molar-refractivity contribution >= 4 is 28.3 Å². The number of amides is 2. The lowest BCUT2D eigenvalue weighted by Crippen LogP contribution is -2.43. The molecule has 0 radical (unpaired) electrons. The van der Waals surface area contributed by atoms with Crippen LogP contribution in [-0.2, 0) is 11.2 Å². The zero-order valence-electron chi connectivity index (χ0n) is 14.4. The average molecular weight is 357 g/mol. The van der Waals surface area contributed by atoms with Crippen LogP contribution in [0.5, 0.6) is 0 Å². The third-order valence-electron chi connectivity index (χ3n) is 4.54. The summed E-state index contributed by atoms with van der Waals surface area (Å²) in [7, 11) is 0. The van der Waals surface area contributed by atoms with Crippen molar-refractivity contribution in [2.75, 3.05) is 11.9 Å². The third-order valence-corrected chi connectivity index (χ3v) is 5.29. The molecule has 1 atom stereocenters. The second kappa shape index (κ2) is 8.25. The van der Waals surface area contributed by atoms with E-state index in [9.17, 15) is 9.59 Å². The number of benzene rings is 1. The van der Waals surface area contributed by atoms with Crippen molar-refractivity contribution in [2.45, 2.75) is 45.1 Å². The lowest BCUT2D eigenvalue weighted by molar-refractivity contribution is -0.115. The summed E-state index contributed by atoms with van der Waals surface area (Å²) in [6.45, 7) is 2.91. The lowest BCUT2D eigenvalue weighted by Gasteiger charge is -2.34. The van der Waals surface area contributed by atoms with E-state index in [1.165, 1.54) is 17.8 Å². The Kier molecular flexibility index (Phi) is 5.81. The number of likely N-dealkylation sites (tertiary alicyclic amines) is 1. The van der Waals surface area contributed by atoms with Gasteiger partial charge < -0.3 is 10.2 Å². The van der Waals surface area contributed by atoms with Crippen LogP contribution in [0.2, 0.25) is 0 Å². The van der Waals surface area contributed by atoms with Gasteiger partial charge in [-0.15, -0.1) is 11.3 Å². The zero-order valence-corrected chi connectivity index (χ0v) is 15.2. The Balaban J connectivity index is 1.61. The standard InChI is InChI=1S/C19H23N3O2S/c1-2-15-10-6-7-11-22(15)18(24)16-13-25-19(20-16)21-17(23)12-14-8-4-3-5-9-14/h3-5,8-9,13,15H,2,6-7,10-12H2,1H3,(H,20,21,23). The highest BCUT2D eigenvalue weighted by Crippen LogP contribution is 2.23. The molecular formula is C19H23N3O2S. The van der Waals surface area contributed by atoms with Crippen molar-refractivity contribution in [3.63, 3.8) is 0 Å². The summed E-state index contributed by atoms with van der Waals surface area (Å²) < 4.78 is 0. The molecule has 1 aliphatic heterocycles. The smallest absolute Gasteiger partial charge is 0.273 e. The molecule has 5 nitrogen and oxygen atoms in total. The summed E-state index contributed by atoms with van der Waals surface area (Å²) in [5.74, 6) is -0.143. The highest BCUT2D eigenvalue weighted by molar-refractivity contribution is 7.14. The fraction of sp³-hybridized carbons (Fsp3) is 0.421. The lowest BCUT2D eigenvalue weighted by atomic mass is 10.00. The molecule has 1 fully saturated rings. The Hall–Kier alpha value is -2.21. The van der Waals surface area contributed by atoms with Crippen LogP contribution >= 0.6 is 11.3 Å². The molecule has 0 aliphatic carbocycles. The maximum atomic E-state index is 12.7. The van der Waals surface area contributed by atoms with E-state index in [1.807, 2.05) is 35.2 Å². The van der Waals surface area contributed by atoms with Gasteiger partial charge in [-0.1, -0.05) is 37.3 Å². The summed E-state index contributed by atoms with van der Waals surface area (Å²) >= 11 is 1.30. The molecule has 6 heteroatoms. The highest BCUT2D eigenvalue weighted by atomic mass is 32.1. The molecule has 1 saturated heterocycles. The SMILES string of the molecule is CCC1CCCCN1C(=O)c1csc(NC(=O)Cc2ccccc2)n1. The molecule has 0 saturated carbocycles. The van der Waals surface area contributed by atoms with Gasteiger partial charge in [0.2, 0.25) is 5.91 Å². The molecule has 2 aromatic rings. The molecule has 2 heterocycles. The predicted molar refractivity (Wildman–Crippen MR) is 99.9 cm³/mol. The molecule has 2 amide bonds. The molecule has 1 aromatic carbocycles. The molecule has 0 bridgehead atoms. The summed E-state index contributed by atoms with van der Waals surface area (Å²) in [6, 6.07) is 9.87. The molecular weight excluding hydrogens is 334 g/mol. The monoisotopic (exact) mass is 357 g/mol. The number of nitrogens with zero attached hydrogens (tertiary/aromatic N) is 2. The number of aromatic nitrogens is 1. The number of hydrogen-bond donors (Lipinski definition) is 1. The van der Waals surface area contributed by atoms with E-state index in [0.29, 0.717) is 23.3 Å². The number of rotatable bonds is 5. The van der Waals surface area contributed by atoms with Crippen molar-refractivity contribution in [1.29, 1.82) is 0 Å². The fourth-order valence-corrected chi connectivity index (χ4v) is 3.91. The van der Waals surface area contributed by atoms with Gasteiger partial charge in [-0.25, -0.2) is 4.98 Å². The Morgan fingerprint density at radius 1 is 1.28 bits per heavy atom. The van der Waals surface area contributed by atoms with Crippen LogP contribution in [0.15, 0.2) is 35.7 Å². The topological polar surface area (TPSA) is 62.3 Å². The van der Waals surface area contributed by atoms with Gasteiger partial charge in [0.1, 0.15) is 5.69 Å². The normalized spacial score (nSPS) is 17.3. The summed E-state index contributed by atoms with van der Waals surface area (Å²) in [6.07, 6.45) is 4.56. The first-order chi connectivity index (χ1) is 12.2. The minimum Gasteiger partial charge on any atom is -0.334 e. The van der Waals surface area contributed by atoms with Gasteiger partial charge in [-0.05, 0) is 31.2 Å². The Labute approximate surface area is 152 Å². The number of nitrogens with one attached hydrogen (secondary N) is 1. The van der Waals surface area contributed by atoms with Gasteiger partial charge in [-0.3, -0.25) is 9.59 Å². The molecule has 1 aliphatic rings. The van der Waals surface area contributed by atoms with Gasteiger partial charge in [0.25, 0.3) is 5.91 Å². The first-order valence-corrected chi connectivity index (χ1v) is 9.65. The van der Waals surface area contributed by atoms with Crippen LogP contribution in [0.4, 0.5) is 5.13 Å². The van der Waals surface area contributed by atoms with Crippen molar-refractivity contribution in [1.82, 2.24) is 9.88 Å². The van der Waals surface area contributed by atoms with E-state index in [2.05, 4.69) is 17.2 Å². The summed E-state index contributed by atoms with van der Waals surface area (Å²) in [4.78, 5) is 31.1. The van der Waals surface area contributed by atoms with Crippen LogP contribution in [0, 0.1) is 0 Å². The molecule has 1 unspecified atom stereocenters. The number of anilines is 1. The van der Waals surface area contributed by atoms with Crippen LogP contribution < -0.4 is 5.32 Å². The first-order valence-electron chi connectivity index (χ1n) is 8.77. The quantitative estimate of drug-likeness (QED) is 0.887. The minimum atomic E-state index is -0.121. The number of carbonyl (C=O) groups excluding carboxylic acids is 2. The third kappa shape index (κ3) is 4.45. The highest BCUT2D eigenvalue weighted by Gasteiger charge is 2.27. The number of carbonyl (C=O) groups is 2. The van der Waals surface area contributed by atoms with Gasteiger partial charge in [0.15, 0.2) is 5.13 Å². The number of hydrogen-bond acceptors (Lipinski definition) is 4. The van der Waals surface area contributed by atoms with E-state index in [4.69, 9.17) is 0 Å². The van der Waals surface area contributed by atoms with Crippen LogP contribution in [-0.4, -0.2) is 34.3 Å². The average Bonchev–Trinajstić information content (AvgIpc) is 3.10. The minimum absolute atomic E-state index is 0.0219. The zero-order chi connectivity index (χ0) is 17.6. The van der Waals surface area contributed by atoms with Crippen molar-refractivity contribution in [3.8, 4) is 0 Å². The number of thiazole rings is 1. The summed E-state index contributed by atoms with van der Waals surface area (Å²) in [5, 5.41) is 5.01. The maximum absolute atomic E-state index is 12.7. The Morgan fingerprint density at radius 3 is 2.84 bits per heavy atom. The van der Waals surface area contributed by atoms with Crippen molar-refractivity contribution < 1.29 is 9.59 Å². The van der Waals surface area contributed by atoms with Crippen LogP contribution in [0.25, 0.3) is 0 Å². The van der Waals surface area contributed by atoms with E-state index in [0.717, 1.165) is 31.4 Å². The van der Waals surface area contributed by atoms with Crippen LogP contribution in [0.3, 0.4) is 0 Å². The summed E-state index contributed by atoms with van der Waals surface area (Å²) in [5.41, 5.74) is 1.38. The molecule has 1 aromatic heterocycles. The van der Waals surface area contributed by atoms with E-state index in [-0.39, 0.29) is 11.8 Å². The van der Waals surface area contributed by atoms with Gasteiger partial charge in [0.05, 0.1) is 6.42 Å². The molecule has 132 valence electrons. The molecule has 3 rings (SSSR count). The van der Waals surface area contributed by atoms with Gasteiger partial charge >= 0.3 is 0 Å². The van der Waals surface area contributed by atoms with E-state index < -0.39 is 0 Å². The van der Waals surface area contributed by atoms with Crippen molar-refractivity contribution in [3.05, 3.63) is 47.0 Å². The van der Waals surface area contributed by atoms with Gasteiger partial charge in [-0.2, -0.15) is 0 Å². The van der Waals surface area contributed by atoms with Gasteiger partial charge in [0, 0.05) is 18.0 Å². The van der Waals surface area contributed by atoms with Crippen molar-refractivity contribution in [2.24, 2.45) is 0 Å². The second-order valence-corrected chi connectivity index (χ2v) is 7.16. The Bertz CT molecular complexity index is 729. The second-order valence-electron chi connectivity index (χ2n) is 6.30. The van der Waals surface area contributed by atoms with E-state index >= 15 is 0 Å². The van der Waals surface area contributed by atoms with Crippen LogP contribution in [0.1, 0.15) is 48.7 Å². The largest absolute Gasteiger partial charge is 0.334 e. The maximum Gasteiger partial charge on any atom is 0.273 e. The Morgan fingerprint density at radius 2 is 2.08 bits per heavy atom. The molecule has 0 spiro atoms. The fourth-order valence-electron chi connectivity index (χ4n) is 3.21. The van der Waals surface area contributed by atoms with E-state index in [1.54, 1.807) is 5.38 Å². The first kappa shape index (κ1) is 17.6. The predicted octanol–water partition coefficient (Wildman–Crippen LogP) is 3.73. The molecule has 1 N–H and O–H groups in total.